The predicted octanol–water partition coefficient (Wildman–Crippen LogP) is 7.18. The lowest BCUT2D eigenvalue weighted by Gasteiger charge is -2.32. The molecule has 10 heteroatoms. The Morgan fingerprint density at radius 2 is 1.40 bits per heavy atom. The number of hydrogen-bond donors (Lipinski definition) is 1. The summed E-state index contributed by atoms with van der Waals surface area (Å²) in [5.74, 6) is -4.53. The summed E-state index contributed by atoms with van der Waals surface area (Å²) >= 11 is 0. The SMILES string of the molecule is Cc1ccc(-c2ccccc2C(=O)Nc2ccc(C(=O)N3CCC(F)(F)C(=CC(=O)N4CCN(C)CC4)c4ccccc43)cc2)cc1.Cl. The van der Waals surface area contributed by atoms with Crippen molar-refractivity contribution in [3.05, 3.63) is 125 Å². The topological polar surface area (TPSA) is 73.0 Å². The second-order valence-electron chi connectivity index (χ2n) is 12.1. The fourth-order valence-corrected chi connectivity index (χ4v) is 5.99. The lowest BCUT2D eigenvalue weighted by molar-refractivity contribution is -0.127. The van der Waals surface area contributed by atoms with Crippen LogP contribution in [-0.4, -0.2) is 73.2 Å². The molecule has 6 rings (SSSR count). The van der Waals surface area contributed by atoms with Crippen LogP contribution in [0.5, 0.6) is 0 Å². The molecule has 7 nitrogen and oxygen atoms in total. The van der Waals surface area contributed by atoms with Crippen LogP contribution in [0.2, 0.25) is 0 Å². The molecular weight excluding hydrogens is 634 g/mol. The van der Waals surface area contributed by atoms with E-state index in [4.69, 9.17) is 0 Å². The number of carbonyl (C=O) groups excluding carboxylic acids is 3. The maximum atomic E-state index is 15.7. The molecule has 2 aliphatic rings. The van der Waals surface area contributed by atoms with E-state index < -0.39 is 24.2 Å². The second kappa shape index (κ2) is 14.5. The van der Waals surface area contributed by atoms with Crippen LogP contribution in [-0.2, 0) is 4.79 Å². The Balaban J connectivity index is 0.00000451. The average Bonchev–Trinajstić information content (AvgIpc) is 3.18. The van der Waals surface area contributed by atoms with Gasteiger partial charge in [-0.05, 0) is 61.5 Å². The number of nitrogens with zero attached hydrogens (tertiary/aromatic N) is 3. The number of fused-ring (bicyclic) bond motifs is 1. The number of likely N-dealkylation sites (N-methyl/N-ethyl adjacent to an activating group) is 1. The summed E-state index contributed by atoms with van der Waals surface area (Å²) in [6, 6.07) is 28.2. The van der Waals surface area contributed by atoms with Crippen molar-refractivity contribution in [1.29, 1.82) is 0 Å². The molecule has 0 bridgehead atoms. The highest BCUT2D eigenvalue weighted by molar-refractivity contribution is 6.11. The highest BCUT2D eigenvalue weighted by atomic mass is 35.5. The van der Waals surface area contributed by atoms with Gasteiger partial charge in [0.1, 0.15) is 0 Å². The first kappa shape index (κ1) is 34.5. The van der Waals surface area contributed by atoms with E-state index in [1.807, 2.05) is 50.4 Å². The number of halogens is 3. The number of amides is 3. The molecule has 1 N–H and O–H groups in total. The van der Waals surface area contributed by atoms with Crippen LogP contribution in [0.25, 0.3) is 16.7 Å². The molecule has 0 unspecified atom stereocenters. The van der Waals surface area contributed by atoms with Gasteiger partial charge in [-0.1, -0.05) is 66.2 Å². The molecule has 0 aliphatic carbocycles. The predicted molar refractivity (Wildman–Crippen MR) is 188 cm³/mol. The van der Waals surface area contributed by atoms with Gasteiger partial charge in [-0.2, -0.15) is 0 Å². The van der Waals surface area contributed by atoms with Gasteiger partial charge in [0.15, 0.2) is 0 Å². The Hall–Kier alpha value is -4.86. The Morgan fingerprint density at radius 1 is 0.771 bits per heavy atom. The summed E-state index contributed by atoms with van der Waals surface area (Å²) in [5, 5.41) is 2.91. The van der Waals surface area contributed by atoms with Crippen molar-refractivity contribution in [3.8, 4) is 11.1 Å². The van der Waals surface area contributed by atoms with Crippen LogP contribution in [0.15, 0.2) is 103 Å². The van der Waals surface area contributed by atoms with E-state index in [1.165, 1.54) is 11.0 Å². The van der Waals surface area contributed by atoms with Gasteiger partial charge in [0.05, 0.1) is 5.69 Å². The van der Waals surface area contributed by atoms with E-state index in [2.05, 4.69) is 10.2 Å². The van der Waals surface area contributed by atoms with Crippen molar-refractivity contribution in [2.24, 2.45) is 0 Å². The maximum Gasteiger partial charge on any atom is 0.275 e. The monoisotopic (exact) mass is 670 g/mol. The Kier molecular flexibility index (Phi) is 10.4. The van der Waals surface area contributed by atoms with Gasteiger partial charge >= 0.3 is 0 Å². The number of benzene rings is 4. The van der Waals surface area contributed by atoms with Gasteiger partial charge in [0.2, 0.25) is 5.91 Å². The zero-order valence-corrected chi connectivity index (χ0v) is 27.6. The first-order valence-electron chi connectivity index (χ1n) is 15.7. The number of aryl methyl sites for hydroxylation is 1. The number of allylic oxidation sites excluding steroid dienone is 1. The summed E-state index contributed by atoms with van der Waals surface area (Å²) in [7, 11) is 1.96. The normalized spacial score (nSPS) is 16.8. The molecule has 248 valence electrons. The van der Waals surface area contributed by atoms with Crippen molar-refractivity contribution >= 4 is 47.1 Å². The molecule has 2 heterocycles. The minimum Gasteiger partial charge on any atom is -0.337 e. The first-order valence-corrected chi connectivity index (χ1v) is 15.7. The minimum atomic E-state index is -3.32. The molecule has 0 spiro atoms. The number of carbonyl (C=O) groups is 3. The van der Waals surface area contributed by atoms with Gasteiger partial charge < -0.3 is 20.0 Å². The van der Waals surface area contributed by atoms with Gasteiger partial charge in [-0.3, -0.25) is 14.4 Å². The summed E-state index contributed by atoms with van der Waals surface area (Å²) < 4.78 is 31.4. The highest BCUT2D eigenvalue weighted by Crippen LogP contribution is 2.43. The molecule has 1 fully saturated rings. The first-order chi connectivity index (χ1) is 22.6. The van der Waals surface area contributed by atoms with Crippen LogP contribution < -0.4 is 10.2 Å². The second-order valence-corrected chi connectivity index (χ2v) is 12.1. The molecular formula is C38H37ClF2N4O3. The van der Waals surface area contributed by atoms with E-state index >= 15 is 8.78 Å². The number of alkyl halides is 2. The quantitative estimate of drug-likeness (QED) is 0.229. The number of hydrogen-bond acceptors (Lipinski definition) is 4. The lowest BCUT2D eigenvalue weighted by atomic mass is 9.96. The van der Waals surface area contributed by atoms with Crippen molar-refractivity contribution in [2.45, 2.75) is 19.3 Å². The van der Waals surface area contributed by atoms with Gasteiger partial charge in [-0.25, -0.2) is 8.78 Å². The molecule has 0 aromatic heterocycles. The third kappa shape index (κ3) is 7.32. The molecule has 0 atom stereocenters. The Labute approximate surface area is 285 Å². The maximum absolute atomic E-state index is 15.7. The van der Waals surface area contributed by atoms with Gasteiger partial charge in [0, 0.05) is 73.2 Å². The number of rotatable bonds is 5. The zero-order chi connectivity index (χ0) is 33.1. The van der Waals surface area contributed by atoms with E-state index in [9.17, 15) is 14.4 Å². The summed E-state index contributed by atoms with van der Waals surface area (Å²) in [5.41, 5.74) is 4.21. The third-order valence-corrected chi connectivity index (χ3v) is 8.78. The van der Waals surface area contributed by atoms with Crippen LogP contribution in [0.1, 0.15) is 38.3 Å². The molecule has 2 aliphatic heterocycles. The summed E-state index contributed by atoms with van der Waals surface area (Å²) in [6.07, 6.45) is 0.413. The Bertz CT molecular complexity index is 1840. The van der Waals surface area contributed by atoms with Crippen LogP contribution in [0, 0.1) is 6.92 Å². The number of nitrogens with one attached hydrogen (secondary N) is 1. The average molecular weight is 671 g/mol. The molecule has 0 saturated carbocycles. The number of piperazine rings is 1. The number of para-hydroxylation sites is 1. The molecule has 3 amide bonds. The van der Waals surface area contributed by atoms with E-state index in [1.54, 1.807) is 59.5 Å². The smallest absolute Gasteiger partial charge is 0.275 e. The molecule has 4 aromatic carbocycles. The van der Waals surface area contributed by atoms with Crippen molar-refractivity contribution < 1.29 is 23.2 Å². The fourth-order valence-electron chi connectivity index (χ4n) is 5.99. The van der Waals surface area contributed by atoms with Gasteiger partial charge in [0.25, 0.3) is 17.7 Å². The largest absolute Gasteiger partial charge is 0.337 e. The van der Waals surface area contributed by atoms with Gasteiger partial charge in [-0.15, -0.1) is 12.4 Å². The van der Waals surface area contributed by atoms with Crippen LogP contribution in [0.3, 0.4) is 0 Å². The van der Waals surface area contributed by atoms with E-state index in [-0.39, 0.29) is 41.6 Å². The zero-order valence-electron chi connectivity index (χ0n) is 26.8. The lowest BCUT2D eigenvalue weighted by Crippen LogP contribution is -2.46. The van der Waals surface area contributed by atoms with E-state index in [0.29, 0.717) is 43.1 Å². The highest BCUT2D eigenvalue weighted by Gasteiger charge is 2.41. The molecule has 48 heavy (non-hydrogen) atoms. The standard InChI is InChI=1S/C38H36F2N4O3.ClH/c1-26-11-13-27(14-12-26)30-7-3-4-8-31(30)36(46)41-29-17-15-28(16-18-29)37(47)44-20-19-38(39,40)33(32-9-5-6-10-34(32)44)25-35(45)43-23-21-42(2)22-24-43;/h3-18,25H,19-24H2,1-2H3,(H,41,46);1H. The molecule has 4 aromatic rings. The number of anilines is 2. The summed E-state index contributed by atoms with van der Waals surface area (Å²) in [4.78, 5) is 45.2. The Morgan fingerprint density at radius 3 is 2.08 bits per heavy atom. The van der Waals surface area contributed by atoms with Crippen molar-refractivity contribution in [2.75, 3.05) is 50.0 Å². The third-order valence-electron chi connectivity index (χ3n) is 8.78. The van der Waals surface area contributed by atoms with Crippen LogP contribution in [0.4, 0.5) is 20.2 Å². The fraction of sp³-hybridized carbons (Fsp3) is 0.237. The summed E-state index contributed by atoms with van der Waals surface area (Å²) in [6.45, 7) is 4.04. The molecule has 1 saturated heterocycles. The minimum absolute atomic E-state index is 0. The van der Waals surface area contributed by atoms with Crippen LogP contribution >= 0.6 is 12.4 Å². The van der Waals surface area contributed by atoms with Crippen molar-refractivity contribution in [1.82, 2.24) is 9.80 Å². The molecule has 0 radical (unpaired) electrons. The van der Waals surface area contributed by atoms with Crippen molar-refractivity contribution in [3.63, 3.8) is 0 Å². The van der Waals surface area contributed by atoms with E-state index in [0.717, 1.165) is 22.8 Å².